The third-order valence-corrected chi connectivity index (χ3v) is 3.96. The van der Waals surface area contributed by atoms with Crippen molar-refractivity contribution in [2.24, 2.45) is 17.6 Å². The van der Waals surface area contributed by atoms with Gasteiger partial charge < -0.3 is 5.73 Å². The van der Waals surface area contributed by atoms with Crippen LogP contribution in [0.2, 0.25) is 0 Å². The average molecular weight is 181 g/mol. The number of rotatable bonds is 3. The van der Waals surface area contributed by atoms with Gasteiger partial charge in [0.2, 0.25) is 0 Å². The minimum absolute atomic E-state index is 0.169. The second-order valence-electron chi connectivity index (χ2n) is 5.49. The molecule has 0 aromatic heterocycles. The molecule has 2 aliphatic rings. The van der Waals surface area contributed by atoms with Crippen molar-refractivity contribution in [1.82, 2.24) is 0 Å². The van der Waals surface area contributed by atoms with Crippen LogP contribution in [0, 0.1) is 11.8 Å². The SMILES string of the molecule is CC(N)(CC1CCCCC1)C1CC1. The Balaban J connectivity index is 1.80. The summed E-state index contributed by atoms with van der Waals surface area (Å²) in [6.45, 7) is 2.28. The molecule has 0 heterocycles. The lowest BCUT2D eigenvalue weighted by Crippen LogP contribution is -2.40. The summed E-state index contributed by atoms with van der Waals surface area (Å²) in [6.07, 6.45) is 11.3. The molecule has 1 atom stereocenters. The first-order valence-corrected chi connectivity index (χ1v) is 5.97. The van der Waals surface area contributed by atoms with Crippen LogP contribution in [-0.2, 0) is 0 Å². The van der Waals surface area contributed by atoms with Gasteiger partial charge in [-0.05, 0) is 38.0 Å². The van der Waals surface area contributed by atoms with E-state index in [1.165, 1.54) is 51.4 Å². The molecule has 0 spiro atoms. The van der Waals surface area contributed by atoms with Gasteiger partial charge in [-0.1, -0.05) is 32.1 Å². The van der Waals surface area contributed by atoms with Crippen molar-refractivity contribution in [3.63, 3.8) is 0 Å². The van der Waals surface area contributed by atoms with E-state index in [9.17, 15) is 0 Å². The molecule has 1 unspecified atom stereocenters. The maximum absolute atomic E-state index is 6.35. The minimum atomic E-state index is 0.169. The Labute approximate surface area is 82.1 Å². The fourth-order valence-corrected chi connectivity index (χ4v) is 2.92. The molecular formula is C12H23N. The van der Waals surface area contributed by atoms with Gasteiger partial charge in [0.05, 0.1) is 0 Å². The molecule has 13 heavy (non-hydrogen) atoms. The molecule has 0 saturated heterocycles. The second-order valence-corrected chi connectivity index (χ2v) is 5.49. The number of hydrogen-bond acceptors (Lipinski definition) is 1. The highest BCUT2D eigenvalue weighted by Gasteiger charge is 2.39. The lowest BCUT2D eigenvalue weighted by molar-refractivity contribution is 0.250. The zero-order valence-corrected chi connectivity index (χ0v) is 8.89. The molecule has 2 N–H and O–H groups in total. The first-order chi connectivity index (χ1) is 6.18. The molecule has 1 heteroatoms. The molecule has 2 fully saturated rings. The van der Waals surface area contributed by atoms with Crippen molar-refractivity contribution in [1.29, 1.82) is 0 Å². The second kappa shape index (κ2) is 3.61. The van der Waals surface area contributed by atoms with Crippen molar-refractivity contribution in [3.05, 3.63) is 0 Å². The van der Waals surface area contributed by atoms with E-state index < -0.39 is 0 Å². The summed E-state index contributed by atoms with van der Waals surface area (Å²) in [4.78, 5) is 0. The quantitative estimate of drug-likeness (QED) is 0.711. The van der Waals surface area contributed by atoms with E-state index in [1.807, 2.05) is 0 Å². The molecule has 0 aromatic carbocycles. The van der Waals surface area contributed by atoms with E-state index in [-0.39, 0.29) is 5.54 Å². The maximum Gasteiger partial charge on any atom is 0.0156 e. The van der Waals surface area contributed by atoms with Crippen LogP contribution in [0.15, 0.2) is 0 Å². The van der Waals surface area contributed by atoms with Gasteiger partial charge in [0.25, 0.3) is 0 Å². The van der Waals surface area contributed by atoms with Gasteiger partial charge in [0.1, 0.15) is 0 Å². The molecule has 0 amide bonds. The van der Waals surface area contributed by atoms with Gasteiger partial charge in [0.15, 0.2) is 0 Å². The van der Waals surface area contributed by atoms with Crippen molar-refractivity contribution >= 4 is 0 Å². The van der Waals surface area contributed by atoms with Crippen LogP contribution in [-0.4, -0.2) is 5.54 Å². The summed E-state index contributed by atoms with van der Waals surface area (Å²) in [5, 5.41) is 0. The van der Waals surface area contributed by atoms with E-state index in [2.05, 4.69) is 6.92 Å². The van der Waals surface area contributed by atoms with Crippen LogP contribution in [0.5, 0.6) is 0 Å². The first kappa shape index (κ1) is 9.51. The van der Waals surface area contributed by atoms with Gasteiger partial charge in [-0.25, -0.2) is 0 Å². The van der Waals surface area contributed by atoms with Crippen LogP contribution in [0.1, 0.15) is 58.3 Å². The Morgan fingerprint density at radius 1 is 1.08 bits per heavy atom. The van der Waals surface area contributed by atoms with E-state index in [4.69, 9.17) is 5.73 Å². The van der Waals surface area contributed by atoms with Crippen LogP contribution in [0.25, 0.3) is 0 Å². The zero-order valence-electron chi connectivity index (χ0n) is 8.89. The Bertz CT molecular complexity index is 164. The smallest absolute Gasteiger partial charge is 0.0156 e. The summed E-state index contributed by atoms with van der Waals surface area (Å²) in [7, 11) is 0. The maximum atomic E-state index is 6.35. The number of nitrogens with two attached hydrogens (primary N) is 1. The molecule has 2 aliphatic carbocycles. The zero-order chi connectivity index (χ0) is 9.31. The summed E-state index contributed by atoms with van der Waals surface area (Å²) >= 11 is 0. The summed E-state index contributed by atoms with van der Waals surface area (Å²) in [5.41, 5.74) is 6.52. The molecule has 76 valence electrons. The lowest BCUT2D eigenvalue weighted by Gasteiger charge is -2.31. The predicted molar refractivity (Wildman–Crippen MR) is 56.5 cm³/mol. The van der Waals surface area contributed by atoms with Crippen LogP contribution in [0.3, 0.4) is 0 Å². The Morgan fingerprint density at radius 2 is 1.69 bits per heavy atom. The predicted octanol–water partition coefficient (Wildman–Crippen LogP) is 3.08. The lowest BCUT2D eigenvalue weighted by atomic mass is 9.78. The number of hydrogen-bond donors (Lipinski definition) is 1. The first-order valence-electron chi connectivity index (χ1n) is 5.97. The van der Waals surface area contributed by atoms with E-state index >= 15 is 0 Å². The van der Waals surface area contributed by atoms with Gasteiger partial charge in [0, 0.05) is 5.54 Å². The van der Waals surface area contributed by atoms with Crippen molar-refractivity contribution in [2.45, 2.75) is 63.8 Å². The Hall–Kier alpha value is -0.0400. The topological polar surface area (TPSA) is 26.0 Å². The highest BCUT2D eigenvalue weighted by Crippen LogP contribution is 2.43. The largest absolute Gasteiger partial charge is 0.325 e. The van der Waals surface area contributed by atoms with Gasteiger partial charge >= 0.3 is 0 Å². The van der Waals surface area contributed by atoms with Crippen LogP contribution in [0.4, 0.5) is 0 Å². The molecule has 0 aliphatic heterocycles. The molecular weight excluding hydrogens is 158 g/mol. The average Bonchev–Trinajstić information content (AvgIpc) is 2.87. The van der Waals surface area contributed by atoms with Crippen molar-refractivity contribution < 1.29 is 0 Å². The monoisotopic (exact) mass is 181 g/mol. The fraction of sp³-hybridized carbons (Fsp3) is 1.00. The highest BCUT2D eigenvalue weighted by molar-refractivity contribution is 4.96. The standard InChI is InChI=1S/C12H23N/c1-12(13,11-7-8-11)9-10-5-3-2-4-6-10/h10-11H,2-9,13H2,1H3. The summed E-state index contributed by atoms with van der Waals surface area (Å²) in [6, 6.07) is 0. The fourth-order valence-electron chi connectivity index (χ4n) is 2.92. The van der Waals surface area contributed by atoms with E-state index in [0.29, 0.717) is 0 Å². The van der Waals surface area contributed by atoms with Gasteiger partial charge in [-0.3, -0.25) is 0 Å². The third-order valence-electron chi connectivity index (χ3n) is 3.96. The Morgan fingerprint density at radius 3 is 2.23 bits per heavy atom. The summed E-state index contributed by atoms with van der Waals surface area (Å²) < 4.78 is 0. The Kier molecular flexibility index (Phi) is 2.64. The third kappa shape index (κ3) is 2.46. The van der Waals surface area contributed by atoms with Gasteiger partial charge in [-0.15, -0.1) is 0 Å². The molecule has 0 radical (unpaired) electrons. The van der Waals surface area contributed by atoms with Crippen molar-refractivity contribution in [3.8, 4) is 0 Å². The van der Waals surface area contributed by atoms with E-state index in [1.54, 1.807) is 0 Å². The van der Waals surface area contributed by atoms with Crippen LogP contribution >= 0.6 is 0 Å². The molecule has 0 aromatic rings. The molecule has 2 saturated carbocycles. The minimum Gasteiger partial charge on any atom is -0.325 e. The van der Waals surface area contributed by atoms with Crippen LogP contribution < -0.4 is 5.73 Å². The molecule has 0 bridgehead atoms. The molecule has 2 rings (SSSR count). The highest BCUT2D eigenvalue weighted by atomic mass is 14.8. The van der Waals surface area contributed by atoms with Gasteiger partial charge in [-0.2, -0.15) is 0 Å². The normalized spacial score (nSPS) is 30.0. The van der Waals surface area contributed by atoms with Crippen molar-refractivity contribution in [2.75, 3.05) is 0 Å². The summed E-state index contributed by atoms with van der Waals surface area (Å²) in [5.74, 6) is 1.80. The molecule has 1 nitrogen and oxygen atoms in total. The van der Waals surface area contributed by atoms with E-state index in [0.717, 1.165) is 11.8 Å².